The molecule has 0 saturated carbocycles. The smallest absolute Gasteiger partial charge is 0.252 e. The van der Waals surface area contributed by atoms with Crippen LogP contribution in [0.25, 0.3) is 11.0 Å². The van der Waals surface area contributed by atoms with Crippen LogP contribution in [0.2, 0.25) is 0 Å². The molecule has 1 aliphatic heterocycles. The summed E-state index contributed by atoms with van der Waals surface area (Å²) in [5.74, 6) is 0.479. The minimum atomic E-state index is -3.43. The zero-order valence-corrected chi connectivity index (χ0v) is 16.9. The lowest BCUT2D eigenvalue weighted by Crippen LogP contribution is -2.41. The zero-order valence-electron chi connectivity index (χ0n) is 13.7. The standard InChI is InChI=1S/C17H16BrN3O3S2/c18-15-5-6-17(25-15)26(22,23)21-9-7-12(8-10-21)24-16-11-19-13-3-1-2-4-14(13)20-16/h1-6,11-12H,7-10H2. The molecule has 3 aromatic rings. The molecule has 136 valence electrons. The third kappa shape index (κ3) is 3.62. The number of sulfonamides is 1. The third-order valence-electron chi connectivity index (χ3n) is 4.26. The van der Waals surface area contributed by atoms with E-state index in [0.29, 0.717) is 36.0 Å². The highest BCUT2D eigenvalue weighted by molar-refractivity contribution is 9.11. The summed E-state index contributed by atoms with van der Waals surface area (Å²) in [7, 11) is -3.43. The summed E-state index contributed by atoms with van der Waals surface area (Å²) in [5, 5.41) is 0. The van der Waals surface area contributed by atoms with Crippen molar-refractivity contribution in [1.82, 2.24) is 14.3 Å². The van der Waals surface area contributed by atoms with Gasteiger partial charge in [-0.15, -0.1) is 11.3 Å². The Balaban J connectivity index is 1.41. The molecule has 0 spiro atoms. The zero-order chi connectivity index (χ0) is 18.1. The largest absolute Gasteiger partial charge is 0.473 e. The maximum absolute atomic E-state index is 12.7. The Morgan fingerprint density at radius 3 is 2.54 bits per heavy atom. The van der Waals surface area contributed by atoms with Crippen LogP contribution in [0.15, 0.2) is 50.6 Å². The highest BCUT2D eigenvalue weighted by Crippen LogP contribution is 2.30. The summed E-state index contributed by atoms with van der Waals surface area (Å²) in [6.07, 6.45) is 2.81. The summed E-state index contributed by atoms with van der Waals surface area (Å²) >= 11 is 4.55. The molecule has 1 fully saturated rings. The molecule has 1 aliphatic rings. The number of hydrogen-bond donors (Lipinski definition) is 0. The average molecular weight is 454 g/mol. The molecule has 9 heteroatoms. The minimum absolute atomic E-state index is 0.0630. The fourth-order valence-corrected chi connectivity index (χ4v) is 6.56. The van der Waals surface area contributed by atoms with E-state index in [2.05, 4.69) is 25.9 Å². The van der Waals surface area contributed by atoms with Gasteiger partial charge >= 0.3 is 0 Å². The monoisotopic (exact) mass is 453 g/mol. The summed E-state index contributed by atoms with van der Waals surface area (Å²) in [6, 6.07) is 11.0. The van der Waals surface area contributed by atoms with Gasteiger partial charge in [0.15, 0.2) is 0 Å². The van der Waals surface area contributed by atoms with Crippen LogP contribution in [0.4, 0.5) is 0 Å². The first-order chi connectivity index (χ1) is 12.5. The van der Waals surface area contributed by atoms with E-state index in [9.17, 15) is 8.42 Å². The number of rotatable bonds is 4. The van der Waals surface area contributed by atoms with E-state index in [1.807, 2.05) is 24.3 Å². The van der Waals surface area contributed by atoms with Gasteiger partial charge in [0.1, 0.15) is 10.3 Å². The Kier molecular flexibility index (Phi) is 4.96. The maximum atomic E-state index is 12.7. The molecule has 0 N–H and O–H groups in total. The van der Waals surface area contributed by atoms with Gasteiger partial charge in [-0.25, -0.2) is 18.4 Å². The molecule has 3 heterocycles. The van der Waals surface area contributed by atoms with Crippen molar-refractivity contribution < 1.29 is 13.2 Å². The molecule has 0 bridgehead atoms. The van der Waals surface area contributed by atoms with Crippen molar-refractivity contribution in [3.8, 4) is 5.88 Å². The van der Waals surface area contributed by atoms with Gasteiger partial charge in [0.25, 0.3) is 10.0 Å². The van der Waals surface area contributed by atoms with Gasteiger partial charge in [-0.2, -0.15) is 4.31 Å². The fraction of sp³-hybridized carbons (Fsp3) is 0.294. The molecule has 0 amide bonds. The van der Waals surface area contributed by atoms with Gasteiger partial charge in [0.2, 0.25) is 5.88 Å². The molecule has 6 nitrogen and oxygen atoms in total. The molecular formula is C17H16BrN3O3S2. The van der Waals surface area contributed by atoms with E-state index in [4.69, 9.17) is 4.74 Å². The van der Waals surface area contributed by atoms with Crippen LogP contribution in [0.1, 0.15) is 12.8 Å². The van der Waals surface area contributed by atoms with E-state index in [1.54, 1.807) is 18.3 Å². The Hall–Kier alpha value is -1.55. The lowest BCUT2D eigenvalue weighted by molar-refractivity contribution is 0.130. The van der Waals surface area contributed by atoms with Crippen molar-refractivity contribution in [1.29, 1.82) is 0 Å². The van der Waals surface area contributed by atoms with Gasteiger partial charge in [0, 0.05) is 13.1 Å². The number of fused-ring (bicyclic) bond motifs is 1. The molecule has 1 saturated heterocycles. The number of benzene rings is 1. The second-order valence-corrected chi connectivity index (χ2v) is 10.6. The molecule has 1 aromatic carbocycles. The van der Waals surface area contributed by atoms with E-state index >= 15 is 0 Å². The molecule has 0 radical (unpaired) electrons. The predicted molar refractivity (Wildman–Crippen MR) is 104 cm³/mol. The summed E-state index contributed by atoms with van der Waals surface area (Å²) < 4.78 is 34.0. The molecule has 4 rings (SSSR count). The minimum Gasteiger partial charge on any atom is -0.473 e. The van der Waals surface area contributed by atoms with Gasteiger partial charge in [-0.3, -0.25) is 0 Å². The molecule has 2 aromatic heterocycles. The van der Waals surface area contributed by atoms with Crippen molar-refractivity contribution in [2.75, 3.05) is 13.1 Å². The van der Waals surface area contributed by atoms with Crippen LogP contribution in [-0.2, 0) is 10.0 Å². The molecule has 26 heavy (non-hydrogen) atoms. The molecular weight excluding hydrogens is 438 g/mol. The van der Waals surface area contributed by atoms with Gasteiger partial charge < -0.3 is 4.74 Å². The van der Waals surface area contributed by atoms with E-state index in [1.165, 1.54) is 15.6 Å². The Morgan fingerprint density at radius 2 is 1.85 bits per heavy atom. The SMILES string of the molecule is O=S(=O)(c1ccc(Br)s1)N1CCC(Oc2cnc3ccccc3n2)CC1. The first-order valence-corrected chi connectivity index (χ1v) is 11.2. The summed E-state index contributed by atoms with van der Waals surface area (Å²) in [6.45, 7) is 0.868. The number of aromatic nitrogens is 2. The van der Waals surface area contributed by atoms with Crippen molar-refractivity contribution in [2.24, 2.45) is 0 Å². The number of ether oxygens (including phenoxy) is 1. The fourth-order valence-electron chi connectivity index (χ4n) is 2.92. The van der Waals surface area contributed by atoms with Crippen molar-refractivity contribution in [2.45, 2.75) is 23.2 Å². The van der Waals surface area contributed by atoms with Crippen LogP contribution in [0, 0.1) is 0 Å². The second kappa shape index (κ2) is 7.22. The quantitative estimate of drug-likeness (QED) is 0.602. The second-order valence-electron chi connectivity index (χ2n) is 5.98. The first kappa shape index (κ1) is 17.8. The maximum Gasteiger partial charge on any atom is 0.252 e. The predicted octanol–water partition coefficient (Wildman–Crippen LogP) is 3.69. The Morgan fingerprint density at radius 1 is 1.12 bits per heavy atom. The van der Waals surface area contributed by atoms with E-state index in [0.717, 1.165) is 14.8 Å². The lowest BCUT2D eigenvalue weighted by Gasteiger charge is -2.30. The number of hydrogen-bond acceptors (Lipinski definition) is 6. The van der Waals surface area contributed by atoms with Crippen molar-refractivity contribution in [3.05, 3.63) is 46.4 Å². The first-order valence-electron chi connectivity index (χ1n) is 8.16. The van der Waals surface area contributed by atoms with Gasteiger partial charge in [-0.1, -0.05) is 12.1 Å². The lowest BCUT2D eigenvalue weighted by atomic mass is 10.1. The topological polar surface area (TPSA) is 72.4 Å². The van der Waals surface area contributed by atoms with Crippen LogP contribution in [-0.4, -0.2) is 41.9 Å². The number of halogens is 1. The van der Waals surface area contributed by atoms with E-state index in [-0.39, 0.29) is 6.10 Å². The third-order valence-corrected chi connectivity index (χ3v) is 8.25. The normalized spacial score (nSPS) is 16.8. The number of nitrogens with zero attached hydrogens (tertiary/aromatic N) is 3. The highest BCUT2D eigenvalue weighted by Gasteiger charge is 2.31. The summed E-state index contributed by atoms with van der Waals surface area (Å²) in [4.78, 5) is 8.81. The van der Waals surface area contributed by atoms with Crippen LogP contribution in [0.3, 0.4) is 0 Å². The van der Waals surface area contributed by atoms with Gasteiger partial charge in [0.05, 0.1) is 21.0 Å². The summed E-state index contributed by atoms with van der Waals surface area (Å²) in [5.41, 5.74) is 1.61. The molecule has 0 atom stereocenters. The number of piperidine rings is 1. The van der Waals surface area contributed by atoms with Crippen LogP contribution >= 0.6 is 27.3 Å². The average Bonchev–Trinajstić information content (AvgIpc) is 3.09. The number of para-hydroxylation sites is 2. The van der Waals surface area contributed by atoms with Crippen LogP contribution in [0.5, 0.6) is 5.88 Å². The van der Waals surface area contributed by atoms with Crippen molar-refractivity contribution >= 4 is 48.3 Å². The number of thiophene rings is 1. The van der Waals surface area contributed by atoms with E-state index < -0.39 is 10.0 Å². The highest BCUT2D eigenvalue weighted by atomic mass is 79.9. The van der Waals surface area contributed by atoms with Crippen molar-refractivity contribution in [3.63, 3.8) is 0 Å². The Labute approximate surface area is 164 Å². The molecule has 0 aliphatic carbocycles. The Bertz CT molecular complexity index is 1030. The van der Waals surface area contributed by atoms with Gasteiger partial charge in [-0.05, 0) is 53.0 Å². The molecule has 0 unspecified atom stereocenters. The van der Waals surface area contributed by atoms with Crippen LogP contribution < -0.4 is 4.74 Å².